The molecule has 0 unspecified atom stereocenters. The van der Waals surface area contributed by atoms with Crippen molar-refractivity contribution in [3.8, 4) is 0 Å². The zero-order chi connectivity index (χ0) is 10.1. The Morgan fingerprint density at radius 2 is 2.36 bits per heavy atom. The van der Waals surface area contributed by atoms with Gasteiger partial charge in [-0.15, -0.1) is 11.8 Å². The van der Waals surface area contributed by atoms with Crippen molar-refractivity contribution in [3.63, 3.8) is 0 Å². The van der Waals surface area contributed by atoms with Crippen molar-refractivity contribution < 1.29 is 4.92 Å². The fourth-order valence-corrected chi connectivity index (χ4v) is 2.65. The highest BCUT2D eigenvalue weighted by Gasteiger charge is 2.20. The number of nitrogens with zero attached hydrogens (tertiary/aromatic N) is 1. The van der Waals surface area contributed by atoms with Gasteiger partial charge in [-0.3, -0.25) is 10.1 Å². The van der Waals surface area contributed by atoms with E-state index in [9.17, 15) is 10.1 Å². The lowest BCUT2D eigenvalue weighted by atomic mass is 10.0. The summed E-state index contributed by atoms with van der Waals surface area (Å²) in [6.07, 6.45) is 0.888. The molecule has 0 amide bonds. The first kappa shape index (κ1) is 9.48. The second-order valence-electron chi connectivity index (χ2n) is 3.22. The Morgan fingerprint density at radius 3 is 3.07 bits per heavy atom. The molecule has 0 saturated carbocycles. The molecule has 0 aromatic heterocycles. The molecule has 1 aliphatic heterocycles. The van der Waals surface area contributed by atoms with E-state index in [1.165, 1.54) is 6.07 Å². The van der Waals surface area contributed by atoms with Crippen molar-refractivity contribution in [2.75, 3.05) is 5.75 Å². The number of benzene rings is 1. The van der Waals surface area contributed by atoms with E-state index in [1.54, 1.807) is 23.9 Å². The Kier molecular flexibility index (Phi) is 2.43. The molecule has 1 aliphatic rings. The zero-order valence-corrected chi connectivity index (χ0v) is 8.29. The summed E-state index contributed by atoms with van der Waals surface area (Å²) in [5.41, 5.74) is 6.92. The largest absolute Gasteiger partial charge is 0.324 e. The Morgan fingerprint density at radius 1 is 1.57 bits per heavy atom. The summed E-state index contributed by atoms with van der Waals surface area (Å²) in [5.74, 6) is 0.992. The van der Waals surface area contributed by atoms with Crippen LogP contribution in [0, 0.1) is 10.1 Å². The van der Waals surface area contributed by atoms with Crippen LogP contribution >= 0.6 is 11.8 Å². The second-order valence-corrected chi connectivity index (χ2v) is 4.36. The monoisotopic (exact) mass is 210 g/mol. The predicted octanol–water partition coefficient (Wildman–Crippen LogP) is 2.09. The molecule has 1 aromatic rings. The number of nitrogens with two attached hydrogens (primary N) is 1. The third-order valence-corrected chi connectivity index (χ3v) is 3.41. The second kappa shape index (κ2) is 3.59. The molecular weight excluding hydrogens is 200 g/mol. The van der Waals surface area contributed by atoms with Gasteiger partial charge >= 0.3 is 0 Å². The van der Waals surface area contributed by atoms with Crippen molar-refractivity contribution in [3.05, 3.63) is 33.9 Å². The molecule has 1 atom stereocenters. The Hall–Kier alpha value is -1.07. The summed E-state index contributed by atoms with van der Waals surface area (Å²) in [7, 11) is 0. The van der Waals surface area contributed by atoms with Crippen molar-refractivity contribution in [1.82, 2.24) is 0 Å². The minimum atomic E-state index is -0.383. The van der Waals surface area contributed by atoms with Gasteiger partial charge in [0.15, 0.2) is 0 Å². The molecule has 1 aromatic carbocycles. The number of fused-ring (bicyclic) bond motifs is 1. The van der Waals surface area contributed by atoms with Gasteiger partial charge in [-0.1, -0.05) is 0 Å². The van der Waals surface area contributed by atoms with E-state index >= 15 is 0 Å². The fraction of sp³-hybridized carbons (Fsp3) is 0.333. The summed E-state index contributed by atoms with van der Waals surface area (Å²) in [5, 5.41) is 10.6. The maximum Gasteiger partial charge on any atom is 0.269 e. The smallest absolute Gasteiger partial charge is 0.269 e. The highest BCUT2D eigenvalue weighted by molar-refractivity contribution is 7.99. The molecular formula is C9H10N2O2S. The topological polar surface area (TPSA) is 69.2 Å². The van der Waals surface area contributed by atoms with Crippen LogP contribution in [0.25, 0.3) is 0 Å². The summed E-state index contributed by atoms with van der Waals surface area (Å²) in [6.45, 7) is 0. The molecule has 1 heterocycles. The van der Waals surface area contributed by atoms with Gasteiger partial charge in [0.05, 0.1) is 4.92 Å². The van der Waals surface area contributed by atoms with Crippen LogP contribution in [0.3, 0.4) is 0 Å². The first-order valence-corrected chi connectivity index (χ1v) is 5.34. The van der Waals surface area contributed by atoms with Gasteiger partial charge in [-0.25, -0.2) is 0 Å². The van der Waals surface area contributed by atoms with Crippen molar-refractivity contribution in [2.45, 2.75) is 17.4 Å². The Balaban J connectivity index is 2.45. The summed E-state index contributed by atoms with van der Waals surface area (Å²) < 4.78 is 0. The molecule has 14 heavy (non-hydrogen) atoms. The Bertz CT molecular complexity index is 381. The minimum absolute atomic E-state index is 0.0499. The zero-order valence-electron chi connectivity index (χ0n) is 7.47. The summed E-state index contributed by atoms with van der Waals surface area (Å²) >= 11 is 1.71. The number of thioether (sulfide) groups is 1. The molecule has 0 radical (unpaired) electrons. The van der Waals surface area contributed by atoms with Crippen LogP contribution in [0.2, 0.25) is 0 Å². The third kappa shape index (κ3) is 1.60. The van der Waals surface area contributed by atoms with E-state index in [2.05, 4.69) is 0 Å². The highest BCUT2D eigenvalue weighted by atomic mass is 32.2. The lowest BCUT2D eigenvalue weighted by Crippen LogP contribution is -2.15. The van der Waals surface area contributed by atoms with Crippen molar-refractivity contribution >= 4 is 17.4 Å². The molecule has 0 bridgehead atoms. The summed E-state index contributed by atoms with van der Waals surface area (Å²) in [4.78, 5) is 11.2. The molecule has 5 heteroatoms. The van der Waals surface area contributed by atoms with Crippen LogP contribution in [0.15, 0.2) is 23.1 Å². The van der Waals surface area contributed by atoms with Crippen molar-refractivity contribution in [2.24, 2.45) is 5.73 Å². The molecule has 0 spiro atoms. The highest BCUT2D eigenvalue weighted by Crippen LogP contribution is 2.36. The fourth-order valence-electron chi connectivity index (χ4n) is 1.52. The number of nitro benzene ring substituents is 1. The molecule has 2 N–H and O–H groups in total. The van der Waals surface area contributed by atoms with Gasteiger partial charge < -0.3 is 5.73 Å². The van der Waals surface area contributed by atoms with Crippen LogP contribution in [0.5, 0.6) is 0 Å². The Labute approximate surface area is 85.6 Å². The summed E-state index contributed by atoms with van der Waals surface area (Å²) in [6, 6.07) is 4.86. The number of nitro groups is 1. The van der Waals surface area contributed by atoms with Crippen LogP contribution in [-0.4, -0.2) is 10.7 Å². The van der Waals surface area contributed by atoms with Crippen LogP contribution in [0.4, 0.5) is 5.69 Å². The molecule has 0 fully saturated rings. The van der Waals surface area contributed by atoms with E-state index in [0.717, 1.165) is 22.6 Å². The van der Waals surface area contributed by atoms with Gasteiger partial charge in [0.1, 0.15) is 0 Å². The van der Waals surface area contributed by atoms with Gasteiger partial charge in [-0.2, -0.15) is 0 Å². The lowest BCUT2D eigenvalue weighted by Gasteiger charge is -2.20. The van der Waals surface area contributed by atoms with Crippen LogP contribution in [0.1, 0.15) is 18.0 Å². The van der Waals surface area contributed by atoms with Gasteiger partial charge in [-0.05, 0) is 23.8 Å². The SMILES string of the molecule is N[C@H]1CCSc2ccc([N+](=O)[O-])cc21. The molecule has 4 nitrogen and oxygen atoms in total. The van der Waals surface area contributed by atoms with Crippen LogP contribution < -0.4 is 5.73 Å². The predicted molar refractivity (Wildman–Crippen MR) is 55.4 cm³/mol. The minimum Gasteiger partial charge on any atom is -0.324 e. The molecule has 74 valence electrons. The number of hydrogen-bond donors (Lipinski definition) is 1. The quantitative estimate of drug-likeness (QED) is 0.569. The first-order valence-electron chi connectivity index (χ1n) is 4.35. The number of rotatable bonds is 1. The molecule has 0 saturated heterocycles. The maximum absolute atomic E-state index is 10.6. The van der Waals surface area contributed by atoms with E-state index < -0.39 is 0 Å². The maximum atomic E-state index is 10.6. The number of non-ortho nitro benzene ring substituents is 1. The normalized spacial score (nSPS) is 20.2. The van der Waals surface area contributed by atoms with E-state index in [1.807, 2.05) is 0 Å². The van der Waals surface area contributed by atoms with E-state index in [-0.39, 0.29) is 16.7 Å². The number of hydrogen-bond acceptors (Lipinski definition) is 4. The van der Waals surface area contributed by atoms with E-state index in [4.69, 9.17) is 5.73 Å². The lowest BCUT2D eigenvalue weighted by molar-refractivity contribution is -0.385. The average Bonchev–Trinajstić information content (AvgIpc) is 2.18. The molecule has 2 rings (SSSR count). The van der Waals surface area contributed by atoms with Crippen molar-refractivity contribution in [1.29, 1.82) is 0 Å². The van der Waals surface area contributed by atoms with Gasteiger partial charge in [0, 0.05) is 23.1 Å². The average molecular weight is 210 g/mol. The van der Waals surface area contributed by atoms with Gasteiger partial charge in [0.25, 0.3) is 5.69 Å². The third-order valence-electron chi connectivity index (χ3n) is 2.29. The van der Waals surface area contributed by atoms with Crippen LogP contribution in [-0.2, 0) is 0 Å². The van der Waals surface area contributed by atoms with Gasteiger partial charge in [0.2, 0.25) is 0 Å². The first-order chi connectivity index (χ1) is 6.68. The standard InChI is InChI=1S/C9H10N2O2S/c10-8-3-4-14-9-2-1-6(11(12)13)5-7(8)9/h1-2,5,8H,3-4,10H2/t8-/m0/s1. The molecule has 0 aliphatic carbocycles. The van der Waals surface area contributed by atoms with E-state index in [0.29, 0.717) is 0 Å².